The molecule has 1 aliphatic rings. The molecule has 0 aromatic carbocycles. The van der Waals surface area contributed by atoms with Crippen molar-refractivity contribution >= 4 is 11.9 Å². The average Bonchev–Trinajstić information content (AvgIpc) is 3.08. The number of carbonyl (C=O) groups is 2. The molecule has 2 aromatic heterocycles. The number of carboxylic acid groups (broad SMARTS) is 1. The molecule has 1 aliphatic heterocycles. The maximum absolute atomic E-state index is 12.8. The Labute approximate surface area is 139 Å². The molecular weight excluding hydrogens is 312 g/mol. The molecule has 0 saturated heterocycles. The Morgan fingerprint density at radius 2 is 2.04 bits per heavy atom. The van der Waals surface area contributed by atoms with Gasteiger partial charge in [0.1, 0.15) is 11.5 Å². The first-order valence-electron chi connectivity index (χ1n) is 7.73. The smallest absolute Gasteiger partial charge is 0.358 e. The van der Waals surface area contributed by atoms with E-state index in [9.17, 15) is 9.59 Å². The van der Waals surface area contributed by atoms with Gasteiger partial charge in [0.05, 0.1) is 12.2 Å². The Hall–Kier alpha value is -2.64. The highest BCUT2D eigenvalue weighted by atomic mass is 16.5. The van der Waals surface area contributed by atoms with Gasteiger partial charge in [-0.05, 0) is 6.07 Å². The summed E-state index contributed by atoms with van der Waals surface area (Å²) in [5.41, 5.74) is 1.51. The number of carboxylic acids is 1. The van der Waals surface area contributed by atoms with Gasteiger partial charge in [0, 0.05) is 31.0 Å². The van der Waals surface area contributed by atoms with Crippen molar-refractivity contribution in [1.29, 1.82) is 0 Å². The number of rotatable bonds is 2. The van der Waals surface area contributed by atoms with Gasteiger partial charge >= 0.3 is 5.97 Å². The van der Waals surface area contributed by atoms with Gasteiger partial charge in [-0.15, -0.1) is 0 Å². The molecule has 8 nitrogen and oxygen atoms in total. The van der Waals surface area contributed by atoms with Gasteiger partial charge in [0.25, 0.3) is 5.91 Å². The summed E-state index contributed by atoms with van der Waals surface area (Å²) in [4.78, 5) is 25.7. The fraction of sp³-hybridized carbons (Fsp3) is 0.500. The summed E-state index contributed by atoms with van der Waals surface area (Å²) >= 11 is 0. The Bertz CT molecular complexity index is 813. The van der Waals surface area contributed by atoms with E-state index >= 15 is 0 Å². The van der Waals surface area contributed by atoms with Crippen LogP contribution in [0.25, 0.3) is 0 Å². The molecule has 1 N–H and O–H groups in total. The molecule has 0 radical (unpaired) electrons. The van der Waals surface area contributed by atoms with Crippen molar-refractivity contribution in [2.45, 2.75) is 39.2 Å². The number of nitrogens with zero attached hydrogens (tertiary/aromatic N) is 4. The van der Waals surface area contributed by atoms with Crippen LogP contribution in [-0.4, -0.2) is 43.4 Å². The van der Waals surface area contributed by atoms with E-state index in [1.165, 1.54) is 0 Å². The van der Waals surface area contributed by atoms with Crippen LogP contribution in [0, 0.1) is 0 Å². The summed E-state index contributed by atoms with van der Waals surface area (Å²) in [5.74, 6) is -0.787. The first-order valence-corrected chi connectivity index (χ1v) is 7.73. The van der Waals surface area contributed by atoms with E-state index < -0.39 is 5.97 Å². The second kappa shape index (κ2) is 5.47. The van der Waals surface area contributed by atoms with Crippen molar-refractivity contribution < 1.29 is 19.2 Å². The van der Waals surface area contributed by atoms with Crippen LogP contribution in [0.15, 0.2) is 10.6 Å². The number of fused-ring (bicyclic) bond motifs is 1. The molecule has 0 bridgehead atoms. The zero-order valence-electron chi connectivity index (χ0n) is 14.2. The van der Waals surface area contributed by atoms with Gasteiger partial charge in [-0.25, -0.2) is 4.79 Å². The van der Waals surface area contributed by atoms with Crippen LogP contribution in [0.1, 0.15) is 58.8 Å². The number of aromatic carboxylic acids is 1. The lowest BCUT2D eigenvalue weighted by Gasteiger charge is -2.25. The maximum atomic E-state index is 12.8. The van der Waals surface area contributed by atoms with Crippen LogP contribution < -0.4 is 0 Å². The molecule has 8 heteroatoms. The number of carbonyl (C=O) groups excluding carboxylic acids is 1. The summed E-state index contributed by atoms with van der Waals surface area (Å²) in [6, 6.07) is 1.80. The molecule has 128 valence electrons. The molecule has 0 atom stereocenters. The Morgan fingerprint density at radius 3 is 2.62 bits per heavy atom. The fourth-order valence-electron chi connectivity index (χ4n) is 2.75. The number of amides is 1. The van der Waals surface area contributed by atoms with E-state index in [1.807, 2.05) is 20.8 Å². The Balaban J connectivity index is 1.88. The molecule has 3 rings (SSSR count). The molecule has 0 aliphatic carbocycles. The zero-order valence-corrected chi connectivity index (χ0v) is 14.2. The van der Waals surface area contributed by atoms with Gasteiger partial charge in [0.15, 0.2) is 5.69 Å². The monoisotopic (exact) mass is 332 g/mol. The van der Waals surface area contributed by atoms with Crippen molar-refractivity contribution in [3.63, 3.8) is 0 Å². The minimum Gasteiger partial charge on any atom is -0.476 e. The molecule has 0 spiro atoms. The van der Waals surface area contributed by atoms with E-state index in [2.05, 4.69) is 10.3 Å². The second-order valence-electron chi connectivity index (χ2n) is 7.00. The maximum Gasteiger partial charge on any atom is 0.358 e. The third kappa shape index (κ3) is 2.68. The fourth-order valence-corrected chi connectivity index (χ4v) is 2.75. The van der Waals surface area contributed by atoms with E-state index in [0.29, 0.717) is 30.0 Å². The quantitative estimate of drug-likeness (QED) is 0.896. The summed E-state index contributed by atoms with van der Waals surface area (Å²) in [7, 11) is 1.74. The SMILES string of the molecule is Cn1nc(C(C)(C)C)cc1C(=O)N1CCc2onc(C(=O)O)c2C1. The normalized spacial score (nSPS) is 14.6. The first kappa shape index (κ1) is 16.2. The molecule has 24 heavy (non-hydrogen) atoms. The highest BCUT2D eigenvalue weighted by Crippen LogP contribution is 2.25. The van der Waals surface area contributed by atoms with Crippen LogP contribution in [0.3, 0.4) is 0 Å². The summed E-state index contributed by atoms with van der Waals surface area (Å²) in [6.07, 6.45) is 0.450. The van der Waals surface area contributed by atoms with Crippen LogP contribution >= 0.6 is 0 Å². The van der Waals surface area contributed by atoms with E-state index in [4.69, 9.17) is 9.63 Å². The van der Waals surface area contributed by atoms with Crippen LogP contribution in [0.4, 0.5) is 0 Å². The van der Waals surface area contributed by atoms with Gasteiger partial charge < -0.3 is 14.5 Å². The van der Waals surface area contributed by atoms with Gasteiger partial charge in [-0.2, -0.15) is 5.10 Å². The molecular formula is C16H20N4O4. The minimum absolute atomic E-state index is 0.122. The van der Waals surface area contributed by atoms with Crippen molar-refractivity contribution in [3.8, 4) is 0 Å². The average molecular weight is 332 g/mol. The third-order valence-corrected chi connectivity index (χ3v) is 4.18. The standard InChI is InChI=1S/C16H20N4O4/c1-16(2,3)12-7-10(19(4)17-12)14(21)20-6-5-11-9(8-20)13(15(22)23)18-24-11/h7H,5-6,8H2,1-4H3,(H,22,23). The van der Waals surface area contributed by atoms with Crippen molar-refractivity contribution in [2.24, 2.45) is 7.05 Å². The molecule has 1 amide bonds. The van der Waals surface area contributed by atoms with Gasteiger partial charge in [-0.3, -0.25) is 9.48 Å². The predicted octanol–water partition coefficient (Wildman–Crippen LogP) is 1.60. The number of aromatic nitrogens is 3. The first-order chi connectivity index (χ1) is 11.2. The summed E-state index contributed by atoms with van der Waals surface area (Å²) in [6.45, 7) is 6.73. The lowest BCUT2D eigenvalue weighted by Crippen LogP contribution is -2.37. The topological polar surface area (TPSA) is 101 Å². The summed E-state index contributed by atoms with van der Waals surface area (Å²) in [5, 5.41) is 17.2. The molecule has 2 aromatic rings. The largest absolute Gasteiger partial charge is 0.476 e. The highest BCUT2D eigenvalue weighted by Gasteiger charge is 2.31. The number of hydrogen-bond acceptors (Lipinski definition) is 5. The second-order valence-corrected chi connectivity index (χ2v) is 7.00. The van der Waals surface area contributed by atoms with E-state index in [1.54, 1.807) is 22.7 Å². The third-order valence-electron chi connectivity index (χ3n) is 4.18. The van der Waals surface area contributed by atoms with Crippen molar-refractivity contribution in [2.75, 3.05) is 6.54 Å². The highest BCUT2D eigenvalue weighted by molar-refractivity contribution is 5.93. The Kier molecular flexibility index (Phi) is 3.70. The molecule has 0 fully saturated rings. The van der Waals surface area contributed by atoms with E-state index in [-0.39, 0.29) is 23.6 Å². The van der Waals surface area contributed by atoms with Crippen molar-refractivity contribution in [1.82, 2.24) is 19.8 Å². The number of aryl methyl sites for hydroxylation is 1. The summed E-state index contributed by atoms with van der Waals surface area (Å²) < 4.78 is 6.64. The zero-order chi connectivity index (χ0) is 17.6. The van der Waals surface area contributed by atoms with Crippen molar-refractivity contribution in [3.05, 3.63) is 34.5 Å². The minimum atomic E-state index is -1.15. The molecule has 0 unspecified atom stereocenters. The lowest BCUT2D eigenvalue weighted by molar-refractivity contribution is 0.0671. The van der Waals surface area contributed by atoms with Crippen LogP contribution in [-0.2, 0) is 25.4 Å². The Morgan fingerprint density at radius 1 is 1.33 bits per heavy atom. The molecule has 0 saturated carbocycles. The predicted molar refractivity (Wildman–Crippen MR) is 83.8 cm³/mol. The lowest BCUT2D eigenvalue weighted by atomic mass is 9.92. The van der Waals surface area contributed by atoms with Crippen LogP contribution in [0.2, 0.25) is 0 Å². The van der Waals surface area contributed by atoms with Gasteiger partial charge in [0.2, 0.25) is 0 Å². The van der Waals surface area contributed by atoms with Gasteiger partial charge in [-0.1, -0.05) is 25.9 Å². The van der Waals surface area contributed by atoms with E-state index in [0.717, 1.165) is 5.69 Å². The number of hydrogen-bond donors (Lipinski definition) is 1. The molecule has 3 heterocycles. The van der Waals surface area contributed by atoms with Crippen LogP contribution in [0.5, 0.6) is 0 Å².